The van der Waals surface area contributed by atoms with E-state index in [9.17, 15) is 5.11 Å². The summed E-state index contributed by atoms with van der Waals surface area (Å²) in [6.07, 6.45) is 6.00. The summed E-state index contributed by atoms with van der Waals surface area (Å²) in [6.45, 7) is 6.38. The van der Waals surface area contributed by atoms with Gasteiger partial charge in [0.2, 0.25) is 0 Å². The summed E-state index contributed by atoms with van der Waals surface area (Å²) < 4.78 is 11.0. The minimum Gasteiger partial charge on any atom is -0.395 e. The SMILES string of the molecule is OC[C@H]1CCCN1C[C@H]1CCCN1CCC1OCCO1. The zero-order chi connectivity index (χ0) is 13.8. The molecule has 3 fully saturated rings. The van der Waals surface area contributed by atoms with Crippen LogP contribution >= 0.6 is 0 Å². The van der Waals surface area contributed by atoms with Crippen LogP contribution in [0.3, 0.4) is 0 Å². The molecule has 0 amide bonds. The van der Waals surface area contributed by atoms with Crippen molar-refractivity contribution >= 4 is 0 Å². The summed E-state index contributed by atoms with van der Waals surface area (Å²) in [5.41, 5.74) is 0. The largest absolute Gasteiger partial charge is 0.395 e. The number of hydrogen-bond acceptors (Lipinski definition) is 5. The Balaban J connectivity index is 1.45. The summed E-state index contributed by atoms with van der Waals surface area (Å²) in [5.74, 6) is 0. The molecule has 3 saturated heterocycles. The first-order valence-electron chi connectivity index (χ1n) is 8.19. The fourth-order valence-corrected chi connectivity index (χ4v) is 3.85. The van der Waals surface area contributed by atoms with Gasteiger partial charge in [0.1, 0.15) is 0 Å². The Hall–Kier alpha value is -0.200. The molecule has 3 aliphatic rings. The lowest BCUT2D eigenvalue weighted by molar-refractivity contribution is -0.0525. The van der Waals surface area contributed by atoms with E-state index in [0.717, 1.165) is 45.7 Å². The van der Waals surface area contributed by atoms with Crippen LogP contribution in [0.25, 0.3) is 0 Å². The van der Waals surface area contributed by atoms with Crippen LogP contribution in [0.4, 0.5) is 0 Å². The highest BCUT2D eigenvalue weighted by atomic mass is 16.7. The Labute approximate surface area is 121 Å². The van der Waals surface area contributed by atoms with Crippen molar-refractivity contribution in [3.05, 3.63) is 0 Å². The highest BCUT2D eigenvalue weighted by Crippen LogP contribution is 2.24. The average molecular weight is 284 g/mol. The molecule has 0 spiro atoms. The van der Waals surface area contributed by atoms with Crippen molar-refractivity contribution in [2.45, 2.75) is 50.5 Å². The van der Waals surface area contributed by atoms with Crippen LogP contribution in [0.15, 0.2) is 0 Å². The molecular formula is C15H28N2O3. The lowest BCUT2D eigenvalue weighted by atomic mass is 10.2. The minimum absolute atomic E-state index is 0.0215. The van der Waals surface area contributed by atoms with Crippen molar-refractivity contribution in [3.8, 4) is 0 Å². The molecule has 3 aliphatic heterocycles. The minimum atomic E-state index is 0.0215. The summed E-state index contributed by atoms with van der Waals surface area (Å²) in [4.78, 5) is 5.09. The number of nitrogens with zero attached hydrogens (tertiary/aromatic N) is 2. The van der Waals surface area contributed by atoms with E-state index in [2.05, 4.69) is 9.80 Å². The first-order valence-corrected chi connectivity index (χ1v) is 8.19. The van der Waals surface area contributed by atoms with Crippen LogP contribution in [0, 0.1) is 0 Å². The predicted molar refractivity (Wildman–Crippen MR) is 76.6 cm³/mol. The van der Waals surface area contributed by atoms with Gasteiger partial charge in [-0.05, 0) is 38.8 Å². The van der Waals surface area contributed by atoms with Crippen molar-refractivity contribution in [1.82, 2.24) is 9.80 Å². The third kappa shape index (κ3) is 3.52. The molecule has 1 N–H and O–H groups in total. The maximum absolute atomic E-state index is 9.43. The summed E-state index contributed by atoms with van der Waals surface area (Å²) in [5, 5.41) is 9.43. The first-order chi connectivity index (χ1) is 9.86. The summed E-state index contributed by atoms with van der Waals surface area (Å²) in [7, 11) is 0. The third-order valence-corrected chi connectivity index (χ3v) is 5.00. The van der Waals surface area contributed by atoms with Crippen LogP contribution in [0.1, 0.15) is 32.1 Å². The molecule has 3 rings (SSSR count). The van der Waals surface area contributed by atoms with Gasteiger partial charge in [-0.1, -0.05) is 0 Å². The topological polar surface area (TPSA) is 45.2 Å². The Bertz CT molecular complexity index is 297. The summed E-state index contributed by atoms with van der Waals surface area (Å²) >= 11 is 0. The lowest BCUT2D eigenvalue weighted by Crippen LogP contribution is -2.44. The van der Waals surface area contributed by atoms with Crippen molar-refractivity contribution in [2.75, 3.05) is 46.0 Å². The molecule has 116 valence electrons. The van der Waals surface area contributed by atoms with Gasteiger partial charge in [-0.25, -0.2) is 0 Å². The second-order valence-corrected chi connectivity index (χ2v) is 6.27. The highest BCUT2D eigenvalue weighted by Gasteiger charge is 2.31. The number of hydrogen-bond donors (Lipinski definition) is 1. The van der Waals surface area contributed by atoms with Gasteiger partial charge < -0.3 is 14.6 Å². The normalized spacial score (nSPS) is 33.5. The maximum atomic E-state index is 9.43. The average Bonchev–Trinajstić information content (AvgIpc) is 3.19. The Morgan fingerprint density at radius 2 is 1.65 bits per heavy atom. The van der Waals surface area contributed by atoms with E-state index in [1.54, 1.807) is 0 Å². The van der Waals surface area contributed by atoms with Gasteiger partial charge >= 0.3 is 0 Å². The molecule has 0 unspecified atom stereocenters. The molecule has 3 heterocycles. The van der Waals surface area contributed by atoms with Crippen molar-refractivity contribution in [3.63, 3.8) is 0 Å². The van der Waals surface area contributed by atoms with E-state index in [-0.39, 0.29) is 6.29 Å². The molecular weight excluding hydrogens is 256 g/mol. The van der Waals surface area contributed by atoms with Crippen LogP contribution in [-0.4, -0.2) is 79.3 Å². The van der Waals surface area contributed by atoms with Gasteiger partial charge in [0.05, 0.1) is 19.8 Å². The molecule has 0 aromatic rings. The van der Waals surface area contributed by atoms with Gasteiger partial charge in [0, 0.05) is 31.6 Å². The number of rotatable bonds is 6. The fourth-order valence-electron chi connectivity index (χ4n) is 3.85. The molecule has 0 aliphatic carbocycles. The van der Waals surface area contributed by atoms with E-state index < -0.39 is 0 Å². The molecule has 0 radical (unpaired) electrons. The smallest absolute Gasteiger partial charge is 0.159 e. The standard InChI is InChI=1S/C15H28N2O3/c18-12-14-4-2-7-17(14)11-13-3-1-6-16(13)8-5-15-19-9-10-20-15/h13-15,18H,1-12H2/t13-,14-/m1/s1. The zero-order valence-corrected chi connectivity index (χ0v) is 12.4. The van der Waals surface area contributed by atoms with Gasteiger partial charge in [0.15, 0.2) is 6.29 Å². The van der Waals surface area contributed by atoms with Gasteiger partial charge in [0.25, 0.3) is 0 Å². The molecule has 0 saturated carbocycles. The molecule has 5 heteroatoms. The van der Waals surface area contributed by atoms with E-state index in [0.29, 0.717) is 18.7 Å². The Morgan fingerprint density at radius 3 is 2.40 bits per heavy atom. The quantitative estimate of drug-likeness (QED) is 0.777. The molecule has 20 heavy (non-hydrogen) atoms. The second-order valence-electron chi connectivity index (χ2n) is 6.27. The second kappa shape index (κ2) is 7.18. The fraction of sp³-hybridized carbons (Fsp3) is 1.00. The van der Waals surface area contributed by atoms with Gasteiger partial charge in [-0.3, -0.25) is 9.80 Å². The molecule has 5 nitrogen and oxygen atoms in total. The maximum Gasteiger partial charge on any atom is 0.159 e. The van der Waals surface area contributed by atoms with Crippen LogP contribution in [-0.2, 0) is 9.47 Å². The number of likely N-dealkylation sites (tertiary alicyclic amines) is 2. The van der Waals surface area contributed by atoms with E-state index >= 15 is 0 Å². The van der Waals surface area contributed by atoms with Crippen molar-refractivity contribution in [1.29, 1.82) is 0 Å². The van der Waals surface area contributed by atoms with Crippen LogP contribution in [0.5, 0.6) is 0 Å². The number of aliphatic hydroxyl groups excluding tert-OH is 1. The van der Waals surface area contributed by atoms with E-state index in [4.69, 9.17) is 9.47 Å². The van der Waals surface area contributed by atoms with Crippen molar-refractivity contribution < 1.29 is 14.6 Å². The number of ether oxygens (including phenoxy) is 2. The monoisotopic (exact) mass is 284 g/mol. The van der Waals surface area contributed by atoms with Gasteiger partial charge in [-0.15, -0.1) is 0 Å². The molecule has 2 atom stereocenters. The summed E-state index contributed by atoms with van der Waals surface area (Å²) in [6, 6.07) is 1.06. The molecule has 0 aromatic carbocycles. The Kier molecular flexibility index (Phi) is 5.29. The van der Waals surface area contributed by atoms with E-state index in [1.807, 2.05) is 0 Å². The van der Waals surface area contributed by atoms with E-state index in [1.165, 1.54) is 25.8 Å². The van der Waals surface area contributed by atoms with Crippen LogP contribution < -0.4 is 0 Å². The zero-order valence-electron chi connectivity index (χ0n) is 12.4. The molecule has 0 aromatic heterocycles. The first kappa shape index (κ1) is 14.7. The number of aliphatic hydroxyl groups is 1. The Morgan fingerprint density at radius 1 is 0.950 bits per heavy atom. The highest BCUT2D eigenvalue weighted by molar-refractivity contribution is 4.87. The third-order valence-electron chi connectivity index (χ3n) is 5.00. The predicted octanol–water partition coefficient (Wildman–Crippen LogP) is 0.671. The van der Waals surface area contributed by atoms with Crippen molar-refractivity contribution in [2.24, 2.45) is 0 Å². The lowest BCUT2D eigenvalue weighted by Gasteiger charge is -2.31. The molecule has 0 bridgehead atoms. The van der Waals surface area contributed by atoms with Gasteiger partial charge in [-0.2, -0.15) is 0 Å². The van der Waals surface area contributed by atoms with Crippen LogP contribution in [0.2, 0.25) is 0 Å².